The third-order valence-electron chi connectivity index (χ3n) is 3.24. The van der Waals surface area contributed by atoms with Crippen LogP contribution in [0.2, 0.25) is 5.02 Å². The maximum atomic E-state index is 6.10. The largest absolute Gasteiger partial charge is 0.316 e. The maximum Gasteiger partial charge on any atom is 0.0417 e. The van der Waals surface area contributed by atoms with Crippen molar-refractivity contribution in [1.82, 2.24) is 5.32 Å². The maximum absolute atomic E-state index is 6.10. The van der Waals surface area contributed by atoms with E-state index in [9.17, 15) is 0 Å². The average Bonchev–Trinajstić information content (AvgIpc) is 2.34. The van der Waals surface area contributed by atoms with E-state index in [1.165, 1.54) is 42.6 Å². The zero-order valence-corrected chi connectivity index (χ0v) is 11.9. The van der Waals surface area contributed by atoms with Crippen LogP contribution in [0.25, 0.3) is 0 Å². The zero-order valence-electron chi connectivity index (χ0n) is 10.3. The van der Waals surface area contributed by atoms with Crippen LogP contribution < -0.4 is 5.32 Å². The quantitative estimate of drug-likeness (QED) is 0.865. The van der Waals surface area contributed by atoms with Crippen molar-refractivity contribution < 1.29 is 0 Å². The molecule has 3 heteroatoms. The molecule has 0 aliphatic heterocycles. The summed E-state index contributed by atoms with van der Waals surface area (Å²) in [6, 6.07) is 6.25. The number of hydrogen-bond donors (Lipinski definition) is 1. The second kappa shape index (κ2) is 6.67. The fraction of sp³-hybridized carbons (Fsp3) is 0.571. The Hall–Kier alpha value is -0.180. The summed E-state index contributed by atoms with van der Waals surface area (Å²) in [5.41, 5.74) is 1.37. The lowest BCUT2D eigenvalue weighted by Crippen LogP contribution is -2.10. The van der Waals surface area contributed by atoms with Crippen LogP contribution >= 0.6 is 23.4 Å². The Morgan fingerprint density at radius 1 is 1.29 bits per heavy atom. The Labute approximate surface area is 113 Å². The van der Waals surface area contributed by atoms with E-state index in [-0.39, 0.29) is 0 Å². The Kier molecular flexibility index (Phi) is 5.20. The first-order valence-corrected chi connectivity index (χ1v) is 7.65. The van der Waals surface area contributed by atoms with Crippen LogP contribution in [0.1, 0.15) is 37.7 Å². The van der Waals surface area contributed by atoms with Crippen molar-refractivity contribution in [1.29, 1.82) is 0 Å². The molecule has 0 radical (unpaired) electrons. The molecule has 1 nitrogen and oxygen atoms in total. The van der Waals surface area contributed by atoms with Crippen molar-refractivity contribution in [2.45, 2.75) is 48.8 Å². The molecule has 0 amide bonds. The van der Waals surface area contributed by atoms with Gasteiger partial charge in [-0.1, -0.05) is 36.9 Å². The molecule has 0 bridgehead atoms. The van der Waals surface area contributed by atoms with Gasteiger partial charge in [-0.2, -0.15) is 0 Å². The summed E-state index contributed by atoms with van der Waals surface area (Å²) in [6.07, 6.45) is 6.90. The molecular weight excluding hydrogens is 250 g/mol. The lowest BCUT2D eigenvalue weighted by atomic mass is 10.0. The fourth-order valence-electron chi connectivity index (χ4n) is 2.34. The molecule has 1 aromatic carbocycles. The molecule has 0 saturated heterocycles. The number of rotatable bonds is 4. The topological polar surface area (TPSA) is 12.0 Å². The van der Waals surface area contributed by atoms with Crippen LogP contribution in [-0.4, -0.2) is 12.3 Å². The smallest absolute Gasteiger partial charge is 0.0417 e. The molecule has 0 aromatic heterocycles. The van der Waals surface area contributed by atoms with Gasteiger partial charge in [0.1, 0.15) is 0 Å². The van der Waals surface area contributed by atoms with Crippen LogP contribution in [-0.2, 0) is 6.54 Å². The van der Waals surface area contributed by atoms with E-state index in [4.69, 9.17) is 11.6 Å². The molecule has 1 aliphatic rings. The molecule has 1 N–H and O–H groups in total. The van der Waals surface area contributed by atoms with Gasteiger partial charge in [0, 0.05) is 21.7 Å². The van der Waals surface area contributed by atoms with Crippen molar-refractivity contribution in [2.24, 2.45) is 0 Å². The monoisotopic (exact) mass is 269 g/mol. The summed E-state index contributed by atoms with van der Waals surface area (Å²) >= 11 is 8.12. The van der Waals surface area contributed by atoms with Crippen molar-refractivity contribution in [3.05, 3.63) is 28.8 Å². The molecule has 0 heterocycles. The van der Waals surface area contributed by atoms with Crippen LogP contribution in [0.15, 0.2) is 23.1 Å². The molecular formula is C14H20ClNS. The second-order valence-corrected chi connectivity index (χ2v) is 6.44. The van der Waals surface area contributed by atoms with Gasteiger partial charge in [-0.3, -0.25) is 0 Å². The summed E-state index contributed by atoms with van der Waals surface area (Å²) in [4.78, 5) is 1.36. The molecule has 1 fully saturated rings. The van der Waals surface area contributed by atoms with Crippen molar-refractivity contribution in [2.75, 3.05) is 7.05 Å². The normalized spacial score (nSPS) is 17.3. The first kappa shape index (κ1) is 13.3. The molecule has 17 heavy (non-hydrogen) atoms. The summed E-state index contributed by atoms with van der Waals surface area (Å²) in [5.74, 6) is 0. The van der Waals surface area contributed by atoms with Crippen LogP contribution in [0, 0.1) is 0 Å². The van der Waals surface area contributed by atoms with Gasteiger partial charge in [-0.05, 0) is 37.6 Å². The molecule has 1 saturated carbocycles. The first-order chi connectivity index (χ1) is 8.29. The lowest BCUT2D eigenvalue weighted by molar-refractivity contribution is 0.516. The molecule has 0 unspecified atom stereocenters. The van der Waals surface area contributed by atoms with Gasteiger partial charge in [-0.15, -0.1) is 11.8 Å². The lowest BCUT2D eigenvalue weighted by Gasteiger charge is -2.22. The van der Waals surface area contributed by atoms with Gasteiger partial charge < -0.3 is 5.32 Å². The van der Waals surface area contributed by atoms with E-state index >= 15 is 0 Å². The average molecular weight is 270 g/mol. The third-order valence-corrected chi connectivity index (χ3v) is 4.92. The summed E-state index contributed by atoms with van der Waals surface area (Å²) in [7, 11) is 1.99. The Balaban J connectivity index is 2.08. The van der Waals surface area contributed by atoms with Gasteiger partial charge in [0.2, 0.25) is 0 Å². The molecule has 1 aromatic rings. The molecule has 2 rings (SSSR count). The minimum absolute atomic E-state index is 0.790. The molecule has 1 aliphatic carbocycles. The summed E-state index contributed by atoms with van der Waals surface area (Å²) in [6.45, 7) is 0.923. The Morgan fingerprint density at radius 3 is 2.76 bits per heavy atom. The SMILES string of the molecule is CNCc1ccc(Cl)cc1SC1CCCCC1. The summed E-state index contributed by atoms with van der Waals surface area (Å²) < 4.78 is 0. The number of halogens is 1. The van der Waals surface area contributed by atoms with Crippen molar-refractivity contribution in [3.63, 3.8) is 0 Å². The highest BCUT2D eigenvalue weighted by atomic mass is 35.5. The predicted octanol–water partition coefficient (Wildman–Crippen LogP) is 4.48. The van der Waals surface area contributed by atoms with Crippen LogP contribution in [0.5, 0.6) is 0 Å². The summed E-state index contributed by atoms with van der Waals surface area (Å²) in [5, 5.41) is 4.86. The molecule has 94 valence electrons. The highest BCUT2D eigenvalue weighted by Crippen LogP contribution is 2.36. The number of benzene rings is 1. The minimum atomic E-state index is 0.790. The van der Waals surface area contributed by atoms with E-state index < -0.39 is 0 Å². The van der Waals surface area contributed by atoms with E-state index in [0.29, 0.717) is 0 Å². The molecule has 0 spiro atoms. The minimum Gasteiger partial charge on any atom is -0.316 e. The fourth-order valence-corrected chi connectivity index (χ4v) is 3.99. The number of nitrogens with one attached hydrogen (secondary N) is 1. The molecule has 0 atom stereocenters. The highest BCUT2D eigenvalue weighted by molar-refractivity contribution is 8.00. The zero-order chi connectivity index (χ0) is 12.1. The van der Waals surface area contributed by atoms with Crippen molar-refractivity contribution >= 4 is 23.4 Å². The first-order valence-electron chi connectivity index (χ1n) is 6.39. The van der Waals surface area contributed by atoms with Gasteiger partial charge in [-0.25, -0.2) is 0 Å². The number of thioether (sulfide) groups is 1. The second-order valence-electron chi connectivity index (χ2n) is 4.66. The standard InChI is InChI=1S/C14H20ClNS/c1-16-10-11-7-8-12(15)9-14(11)17-13-5-3-2-4-6-13/h7-9,13,16H,2-6,10H2,1H3. The van der Waals surface area contributed by atoms with Crippen LogP contribution in [0.3, 0.4) is 0 Å². The number of hydrogen-bond acceptors (Lipinski definition) is 2. The van der Waals surface area contributed by atoms with Gasteiger partial charge in [0.25, 0.3) is 0 Å². The van der Waals surface area contributed by atoms with Gasteiger partial charge in [0.05, 0.1) is 0 Å². The van der Waals surface area contributed by atoms with Crippen molar-refractivity contribution in [3.8, 4) is 0 Å². The van der Waals surface area contributed by atoms with E-state index in [0.717, 1.165) is 16.8 Å². The highest BCUT2D eigenvalue weighted by Gasteiger charge is 2.16. The van der Waals surface area contributed by atoms with E-state index in [2.05, 4.69) is 17.4 Å². The van der Waals surface area contributed by atoms with Gasteiger partial charge in [0.15, 0.2) is 0 Å². The van der Waals surface area contributed by atoms with Gasteiger partial charge >= 0.3 is 0 Å². The third kappa shape index (κ3) is 3.90. The predicted molar refractivity (Wildman–Crippen MR) is 76.9 cm³/mol. The van der Waals surface area contributed by atoms with Crippen LogP contribution in [0.4, 0.5) is 0 Å². The Bertz CT molecular complexity index is 361. The van der Waals surface area contributed by atoms with E-state index in [1.54, 1.807) is 0 Å². The van der Waals surface area contributed by atoms with E-state index in [1.807, 2.05) is 24.9 Å². The Morgan fingerprint density at radius 2 is 2.06 bits per heavy atom.